The second kappa shape index (κ2) is 9.84. The molecule has 0 unspecified atom stereocenters. The van der Waals surface area contributed by atoms with Crippen LogP contribution in [0.2, 0.25) is 15.1 Å². The van der Waals surface area contributed by atoms with E-state index in [1.54, 1.807) is 42.2 Å². The predicted octanol–water partition coefficient (Wildman–Crippen LogP) is 5.52. The molecule has 1 atom stereocenters. The van der Waals surface area contributed by atoms with Crippen LogP contribution in [-0.4, -0.2) is 28.3 Å². The van der Waals surface area contributed by atoms with Crippen molar-refractivity contribution in [2.75, 3.05) is 0 Å². The summed E-state index contributed by atoms with van der Waals surface area (Å²) >= 11 is 18.0. The first kappa shape index (κ1) is 23.5. The molecule has 0 bridgehead atoms. The zero-order chi connectivity index (χ0) is 21.8. The Balaban J connectivity index is 2.26. The van der Waals surface area contributed by atoms with Crippen molar-refractivity contribution in [3.63, 3.8) is 0 Å². The molecule has 0 fully saturated rings. The highest BCUT2D eigenvalue weighted by Gasteiger charge is 2.28. The molecule has 0 spiro atoms. The van der Waals surface area contributed by atoms with Crippen molar-refractivity contribution in [3.05, 3.63) is 68.7 Å². The molecule has 2 rings (SSSR count). The van der Waals surface area contributed by atoms with E-state index in [-0.39, 0.29) is 24.8 Å². The van der Waals surface area contributed by atoms with E-state index in [1.165, 1.54) is 0 Å². The number of carbonyl (C=O) groups excluding carboxylic acids is 2. The Morgan fingerprint density at radius 1 is 0.966 bits per heavy atom. The highest BCUT2D eigenvalue weighted by atomic mass is 35.5. The lowest BCUT2D eigenvalue weighted by atomic mass is 10.1. The second-order valence-electron chi connectivity index (χ2n) is 7.99. The van der Waals surface area contributed by atoms with E-state index < -0.39 is 11.6 Å². The molecule has 2 amide bonds. The minimum atomic E-state index is -0.653. The third-order valence-electron chi connectivity index (χ3n) is 4.27. The number of rotatable bonds is 6. The summed E-state index contributed by atoms with van der Waals surface area (Å²) in [6, 6.07) is 11.6. The average molecular weight is 456 g/mol. The van der Waals surface area contributed by atoms with Crippen molar-refractivity contribution >= 4 is 46.6 Å². The summed E-state index contributed by atoms with van der Waals surface area (Å²) in [4.78, 5) is 27.4. The van der Waals surface area contributed by atoms with Crippen LogP contribution in [0.4, 0.5) is 0 Å². The maximum absolute atomic E-state index is 13.1. The van der Waals surface area contributed by atoms with Crippen LogP contribution in [0.25, 0.3) is 0 Å². The number of carbonyl (C=O) groups is 2. The molecule has 2 aromatic rings. The predicted molar refractivity (Wildman–Crippen MR) is 120 cm³/mol. The van der Waals surface area contributed by atoms with Crippen LogP contribution in [0.15, 0.2) is 42.5 Å². The van der Waals surface area contributed by atoms with Gasteiger partial charge in [0.1, 0.15) is 6.04 Å². The molecule has 0 aliphatic carbocycles. The van der Waals surface area contributed by atoms with Crippen molar-refractivity contribution in [3.8, 4) is 0 Å². The molecule has 156 valence electrons. The van der Waals surface area contributed by atoms with Gasteiger partial charge in [-0.15, -0.1) is 0 Å². The topological polar surface area (TPSA) is 49.4 Å². The Hall–Kier alpha value is -1.75. The minimum absolute atomic E-state index is 0.109. The summed E-state index contributed by atoms with van der Waals surface area (Å²) in [5.41, 5.74) is 1.21. The number of hydrogen-bond donors (Lipinski definition) is 1. The van der Waals surface area contributed by atoms with Crippen LogP contribution < -0.4 is 5.32 Å². The summed E-state index contributed by atoms with van der Waals surface area (Å²) in [5.74, 6) is -0.399. The van der Waals surface area contributed by atoms with E-state index in [1.807, 2.05) is 32.9 Å². The molecule has 0 saturated carbocycles. The van der Waals surface area contributed by atoms with Gasteiger partial charge in [-0.3, -0.25) is 9.59 Å². The molecule has 29 heavy (non-hydrogen) atoms. The van der Waals surface area contributed by atoms with Crippen molar-refractivity contribution in [2.45, 2.75) is 52.2 Å². The highest BCUT2D eigenvalue weighted by Crippen LogP contribution is 2.23. The molecule has 0 aliphatic heterocycles. The normalized spacial score (nSPS) is 12.4. The number of halogens is 3. The van der Waals surface area contributed by atoms with Gasteiger partial charge in [-0.1, -0.05) is 53.0 Å². The quantitative estimate of drug-likeness (QED) is 0.623. The summed E-state index contributed by atoms with van der Waals surface area (Å²) in [6.07, 6.45) is 0.109. The van der Waals surface area contributed by atoms with Crippen LogP contribution in [-0.2, 0) is 22.6 Å². The molecule has 0 aromatic heterocycles. The van der Waals surface area contributed by atoms with Crippen molar-refractivity contribution < 1.29 is 9.59 Å². The number of nitrogens with one attached hydrogen (secondary N) is 1. The zero-order valence-corrected chi connectivity index (χ0v) is 19.2. The Morgan fingerprint density at radius 3 is 2.10 bits per heavy atom. The fourth-order valence-electron chi connectivity index (χ4n) is 2.77. The standard InChI is InChI=1S/C22H25Cl3N2O2/c1-14(21(29)26-22(2,3)4)27(13-15-5-8-17(23)9-6-15)20(28)12-16-7-10-18(24)19(25)11-16/h5-11,14H,12-13H2,1-4H3,(H,26,29)/t14-/m1/s1. The van der Waals surface area contributed by atoms with E-state index in [0.717, 1.165) is 11.1 Å². The molecule has 2 aromatic carbocycles. The van der Waals surface area contributed by atoms with Gasteiger partial charge in [0.05, 0.1) is 16.5 Å². The summed E-state index contributed by atoms with van der Waals surface area (Å²) in [6.45, 7) is 7.72. The number of nitrogens with zero attached hydrogens (tertiary/aromatic N) is 1. The number of amides is 2. The maximum atomic E-state index is 13.1. The lowest BCUT2D eigenvalue weighted by Crippen LogP contribution is -2.52. The monoisotopic (exact) mass is 454 g/mol. The molecular weight excluding hydrogens is 431 g/mol. The van der Waals surface area contributed by atoms with Gasteiger partial charge in [0.25, 0.3) is 0 Å². The van der Waals surface area contributed by atoms with Crippen LogP contribution in [0.3, 0.4) is 0 Å². The first-order valence-corrected chi connectivity index (χ1v) is 10.4. The van der Waals surface area contributed by atoms with E-state index in [2.05, 4.69) is 5.32 Å². The molecule has 4 nitrogen and oxygen atoms in total. The summed E-state index contributed by atoms with van der Waals surface area (Å²) in [5, 5.41) is 4.37. The van der Waals surface area contributed by atoms with Gasteiger partial charge in [-0.2, -0.15) is 0 Å². The Morgan fingerprint density at radius 2 is 1.55 bits per heavy atom. The van der Waals surface area contributed by atoms with Crippen molar-refractivity contribution in [1.29, 1.82) is 0 Å². The first-order chi connectivity index (χ1) is 13.5. The SMILES string of the molecule is C[C@H](C(=O)NC(C)(C)C)N(Cc1ccc(Cl)cc1)C(=O)Cc1ccc(Cl)c(Cl)c1. The lowest BCUT2D eigenvalue weighted by Gasteiger charge is -2.31. The Kier molecular flexibility index (Phi) is 7.98. The number of hydrogen-bond acceptors (Lipinski definition) is 2. The zero-order valence-electron chi connectivity index (χ0n) is 16.9. The van der Waals surface area contributed by atoms with E-state index in [4.69, 9.17) is 34.8 Å². The van der Waals surface area contributed by atoms with Gasteiger partial charge in [-0.05, 0) is 63.1 Å². The molecule has 0 heterocycles. The Bertz CT molecular complexity index is 877. The molecule has 0 saturated heterocycles. The van der Waals surface area contributed by atoms with Gasteiger partial charge in [0.2, 0.25) is 11.8 Å². The molecule has 7 heteroatoms. The van der Waals surface area contributed by atoms with Gasteiger partial charge in [0, 0.05) is 17.1 Å². The van der Waals surface area contributed by atoms with Gasteiger partial charge >= 0.3 is 0 Å². The lowest BCUT2D eigenvalue weighted by molar-refractivity contribution is -0.140. The van der Waals surface area contributed by atoms with E-state index >= 15 is 0 Å². The fourth-order valence-corrected chi connectivity index (χ4v) is 3.22. The second-order valence-corrected chi connectivity index (χ2v) is 9.24. The fraction of sp³-hybridized carbons (Fsp3) is 0.364. The van der Waals surface area contributed by atoms with E-state index in [0.29, 0.717) is 15.1 Å². The van der Waals surface area contributed by atoms with Crippen molar-refractivity contribution in [1.82, 2.24) is 10.2 Å². The summed E-state index contributed by atoms with van der Waals surface area (Å²) in [7, 11) is 0. The first-order valence-electron chi connectivity index (χ1n) is 9.26. The molecular formula is C22H25Cl3N2O2. The summed E-state index contributed by atoms with van der Waals surface area (Å²) < 4.78 is 0. The Labute approximate surface area is 187 Å². The largest absolute Gasteiger partial charge is 0.350 e. The van der Waals surface area contributed by atoms with Gasteiger partial charge in [0.15, 0.2) is 0 Å². The molecule has 0 aliphatic rings. The van der Waals surface area contributed by atoms with Crippen LogP contribution in [0, 0.1) is 0 Å². The number of benzene rings is 2. The van der Waals surface area contributed by atoms with Gasteiger partial charge < -0.3 is 10.2 Å². The maximum Gasteiger partial charge on any atom is 0.242 e. The highest BCUT2D eigenvalue weighted by molar-refractivity contribution is 6.42. The minimum Gasteiger partial charge on any atom is -0.350 e. The van der Waals surface area contributed by atoms with Crippen LogP contribution in [0.5, 0.6) is 0 Å². The molecule has 1 N–H and O–H groups in total. The third-order valence-corrected chi connectivity index (χ3v) is 5.26. The van der Waals surface area contributed by atoms with Gasteiger partial charge in [-0.25, -0.2) is 0 Å². The van der Waals surface area contributed by atoms with Crippen molar-refractivity contribution in [2.24, 2.45) is 0 Å². The van der Waals surface area contributed by atoms with Crippen LogP contribution in [0.1, 0.15) is 38.8 Å². The molecule has 0 radical (unpaired) electrons. The third kappa shape index (κ3) is 7.22. The smallest absolute Gasteiger partial charge is 0.242 e. The van der Waals surface area contributed by atoms with Crippen LogP contribution >= 0.6 is 34.8 Å². The van der Waals surface area contributed by atoms with E-state index in [9.17, 15) is 9.59 Å². The average Bonchev–Trinajstić information content (AvgIpc) is 2.62.